The molecule has 1 aromatic heterocycles. The van der Waals surface area contributed by atoms with Crippen molar-refractivity contribution in [2.45, 2.75) is 51.9 Å². The Morgan fingerprint density at radius 2 is 2.24 bits per heavy atom. The van der Waals surface area contributed by atoms with Crippen LogP contribution in [0.2, 0.25) is 0 Å². The first kappa shape index (κ1) is 16.2. The van der Waals surface area contributed by atoms with Crippen LogP contribution < -0.4 is 10.2 Å². The molecule has 0 aliphatic carbocycles. The molecule has 2 unspecified atom stereocenters. The van der Waals surface area contributed by atoms with Gasteiger partial charge in [-0.05, 0) is 33.7 Å². The van der Waals surface area contributed by atoms with E-state index < -0.39 is 0 Å². The van der Waals surface area contributed by atoms with Crippen LogP contribution in [0, 0.1) is 0 Å². The van der Waals surface area contributed by atoms with E-state index in [-0.39, 0.29) is 24.4 Å². The van der Waals surface area contributed by atoms with Gasteiger partial charge in [0, 0.05) is 0 Å². The second-order valence-electron chi connectivity index (χ2n) is 6.16. The fourth-order valence-corrected chi connectivity index (χ4v) is 2.51. The lowest BCUT2D eigenvalue weighted by atomic mass is 10.1. The van der Waals surface area contributed by atoms with Crippen molar-refractivity contribution in [2.24, 2.45) is 0 Å². The van der Waals surface area contributed by atoms with Crippen LogP contribution in [0.25, 0.3) is 0 Å². The van der Waals surface area contributed by atoms with Gasteiger partial charge in [0.25, 0.3) is 0 Å². The van der Waals surface area contributed by atoms with E-state index in [1.807, 2.05) is 25.7 Å². The predicted octanol–water partition coefficient (Wildman–Crippen LogP) is 1.11. The number of rotatable bonds is 6. The highest BCUT2D eigenvalue weighted by Crippen LogP contribution is 2.26. The van der Waals surface area contributed by atoms with Crippen molar-refractivity contribution in [3.05, 3.63) is 5.89 Å². The lowest BCUT2D eigenvalue weighted by molar-refractivity contribution is -0.102. The number of aliphatic hydroxyl groups excluding tert-OH is 1. The highest BCUT2D eigenvalue weighted by Gasteiger charge is 2.35. The second kappa shape index (κ2) is 6.72. The predicted molar refractivity (Wildman–Crippen MR) is 79.3 cm³/mol. The van der Waals surface area contributed by atoms with Gasteiger partial charge in [-0.1, -0.05) is 12.0 Å². The van der Waals surface area contributed by atoms with Gasteiger partial charge in [0.1, 0.15) is 0 Å². The maximum Gasteiger partial charge on any atom is 0.318 e. The Labute approximate surface area is 125 Å². The van der Waals surface area contributed by atoms with Gasteiger partial charge in [-0.15, -0.1) is 5.10 Å². The van der Waals surface area contributed by atoms with Gasteiger partial charge in [0.2, 0.25) is 5.89 Å². The molecule has 2 atom stereocenters. The zero-order valence-electron chi connectivity index (χ0n) is 13.3. The lowest BCUT2D eigenvalue weighted by Crippen LogP contribution is -2.54. The third-order valence-corrected chi connectivity index (χ3v) is 3.46. The molecule has 1 aromatic rings. The molecule has 0 amide bonds. The molecule has 0 spiro atoms. The van der Waals surface area contributed by atoms with E-state index in [4.69, 9.17) is 9.15 Å². The zero-order valence-corrected chi connectivity index (χ0v) is 13.3. The van der Waals surface area contributed by atoms with Crippen molar-refractivity contribution in [3.63, 3.8) is 0 Å². The first-order valence-electron chi connectivity index (χ1n) is 7.55. The summed E-state index contributed by atoms with van der Waals surface area (Å²) in [7, 11) is 0. The number of morpholine rings is 1. The summed E-state index contributed by atoms with van der Waals surface area (Å²) in [6, 6.07) is 0.527. The summed E-state index contributed by atoms with van der Waals surface area (Å²) >= 11 is 0. The zero-order chi connectivity index (χ0) is 15.5. The fraction of sp³-hybridized carbons (Fsp3) is 0.857. The molecule has 2 rings (SSSR count). The van der Waals surface area contributed by atoms with Gasteiger partial charge in [-0.3, -0.25) is 0 Å². The minimum absolute atomic E-state index is 0.0185. The number of anilines is 1. The quantitative estimate of drug-likeness (QED) is 0.813. The van der Waals surface area contributed by atoms with Crippen LogP contribution in [0.3, 0.4) is 0 Å². The Morgan fingerprint density at radius 1 is 1.48 bits per heavy atom. The Kier molecular flexibility index (Phi) is 5.18. The third-order valence-electron chi connectivity index (χ3n) is 3.46. The Balaban J connectivity index is 2.06. The summed E-state index contributed by atoms with van der Waals surface area (Å²) in [5.74, 6) is 0.586. The van der Waals surface area contributed by atoms with Crippen molar-refractivity contribution >= 4 is 6.01 Å². The van der Waals surface area contributed by atoms with E-state index in [1.54, 1.807) is 0 Å². The average molecular weight is 298 g/mol. The Morgan fingerprint density at radius 3 is 2.90 bits per heavy atom. The molecule has 0 radical (unpaired) electrons. The van der Waals surface area contributed by atoms with Crippen molar-refractivity contribution in [1.82, 2.24) is 15.5 Å². The number of aliphatic hydroxyl groups is 1. The van der Waals surface area contributed by atoms with E-state index >= 15 is 0 Å². The number of aromatic nitrogens is 2. The first-order valence-corrected chi connectivity index (χ1v) is 7.55. The van der Waals surface area contributed by atoms with E-state index in [0.717, 1.165) is 13.0 Å². The Bertz CT molecular complexity index is 449. The molecule has 0 aromatic carbocycles. The van der Waals surface area contributed by atoms with Gasteiger partial charge in [0.05, 0.1) is 37.4 Å². The number of hydrogen-bond acceptors (Lipinski definition) is 7. The summed E-state index contributed by atoms with van der Waals surface area (Å²) < 4.78 is 11.6. The smallest absolute Gasteiger partial charge is 0.318 e. The molecule has 120 valence electrons. The van der Waals surface area contributed by atoms with E-state index in [9.17, 15) is 5.11 Å². The molecule has 7 nitrogen and oxygen atoms in total. The van der Waals surface area contributed by atoms with Crippen LogP contribution in [-0.2, 0) is 4.74 Å². The van der Waals surface area contributed by atoms with Crippen LogP contribution in [0.4, 0.5) is 6.01 Å². The van der Waals surface area contributed by atoms with Gasteiger partial charge < -0.3 is 24.5 Å². The van der Waals surface area contributed by atoms with Crippen LogP contribution in [0.1, 0.15) is 46.0 Å². The number of ether oxygens (including phenoxy) is 1. The van der Waals surface area contributed by atoms with E-state index in [0.29, 0.717) is 25.0 Å². The second-order valence-corrected chi connectivity index (χ2v) is 6.16. The molecule has 21 heavy (non-hydrogen) atoms. The monoisotopic (exact) mass is 298 g/mol. The topological polar surface area (TPSA) is 83.7 Å². The van der Waals surface area contributed by atoms with Crippen LogP contribution in [0.15, 0.2) is 4.42 Å². The summed E-state index contributed by atoms with van der Waals surface area (Å²) in [6.07, 6.45) is 0.820. The van der Waals surface area contributed by atoms with Crippen LogP contribution >= 0.6 is 0 Å². The summed E-state index contributed by atoms with van der Waals surface area (Å²) in [6.45, 7) is 10.2. The highest BCUT2D eigenvalue weighted by atomic mass is 16.5. The first-order chi connectivity index (χ1) is 9.95. The molecule has 7 heteroatoms. The molecule has 1 saturated heterocycles. The largest absolute Gasteiger partial charge is 0.406 e. The maximum atomic E-state index is 9.35. The SMILES string of the molecule is CCCNC(C)c1nnc(N2CC(CO)OC(C)(C)C2)o1. The van der Waals surface area contributed by atoms with Crippen molar-refractivity contribution in [1.29, 1.82) is 0 Å². The molecule has 0 bridgehead atoms. The number of nitrogens with one attached hydrogen (secondary N) is 1. The standard InChI is InChI=1S/C14H26N4O3/c1-5-6-15-10(2)12-16-17-13(20-12)18-7-11(8-19)21-14(3,4)9-18/h10-11,15,19H,5-9H2,1-4H3. The third kappa shape index (κ3) is 4.15. The highest BCUT2D eigenvalue weighted by molar-refractivity contribution is 5.27. The van der Waals surface area contributed by atoms with E-state index in [2.05, 4.69) is 22.4 Å². The molecule has 1 fully saturated rings. The summed E-state index contributed by atoms with van der Waals surface area (Å²) in [5, 5.41) is 20.9. The normalized spacial score (nSPS) is 23.3. The minimum Gasteiger partial charge on any atom is -0.406 e. The number of nitrogens with zero attached hydrogens (tertiary/aromatic N) is 3. The van der Waals surface area contributed by atoms with Gasteiger partial charge >= 0.3 is 6.01 Å². The molecule has 2 N–H and O–H groups in total. The van der Waals surface area contributed by atoms with E-state index in [1.165, 1.54) is 0 Å². The van der Waals surface area contributed by atoms with Gasteiger partial charge in [-0.2, -0.15) is 0 Å². The van der Waals surface area contributed by atoms with Crippen LogP contribution in [0.5, 0.6) is 0 Å². The fourth-order valence-electron chi connectivity index (χ4n) is 2.51. The lowest BCUT2D eigenvalue weighted by Gasteiger charge is -2.41. The maximum absolute atomic E-state index is 9.35. The molecule has 2 heterocycles. The van der Waals surface area contributed by atoms with Crippen molar-refractivity contribution in [3.8, 4) is 0 Å². The molecule has 0 saturated carbocycles. The molecule has 1 aliphatic rings. The van der Waals surface area contributed by atoms with Crippen molar-refractivity contribution < 1.29 is 14.3 Å². The van der Waals surface area contributed by atoms with Crippen molar-refractivity contribution in [2.75, 3.05) is 31.1 Å². The van der Waals surface area contributed by atoms with Gasteiger partial charge in [-0.25, -0.2) is 0 Å². The molecular formula is C14H26N4O3. The number of hydrogen-bond donors (Lipinski definition) is 2. The Hall–Kier alpha value is -1.18. The summed E-state index contributed by atoms with van der Waals surface area (Å²) in [5.41, 5.74) is -0.355. The van der Waals surface area contributed by atoms with Crippen LogP contribution in [-0.4, -0.2) is 53.3 Å². The molecular weight excluding hydrogens is 272 g/mol. The molecule has 1 aliphatic heterocycles. The average Bonchev–Trinajstić information content (AvgIpc) is 2.92. The minimum atomic E-state index is -0.355. The summed E-state index contributed by atoms with van der Waals surface area (Å²) in [4.78, 5) is 1.98. The van der Waals surface area contributed by atoms with Gasteiger partial charge in [0.15, 0.2) is 0 Å².